The predicted octanol–water partition coefficient (Wildman–Crippen LogP) is 4.72. The van der Waals surface area contributed by atoms with Gasteiger partial charge in [-0.2, -0.15) is 0 Å². The number of primary amides is 1. The van der Waals surface area contributed by atoms with Gasteiger partial charge in [0.25, 0.3) is 5.91 Å². The zero-order valence-electron chi connectivity index (χ0n) is 25.5. The van der Waals surface area contributed by atoms with Gasteiger partial charge < -0.3 is 30.1 Å². The molecule has 0 aliphatic carbocycles. The highest BCUT2D eigenvalue weighted by Gasteiger charge is 2.28. The number of rotatable bonds is 11. The van der Waals surface area contributed by atoms with E-state index < -0.39 is 5.91 Å². The van der Waals surface area contributed by atoms with Crippen molar-refractivity contribution in [3.63, 3.8) is 0 Å². The third kappa shape index (κ3) is 8.35. The molecule has 0 spiro atoms. The number of benzene rings is 3. The Kier molecular flexibility index (Phi) is 11.0. The maximum atomic E-state index is 13.8. The fourth-order valence-electron chi connectivity index (χ4n) is 5.90. The molecule has 0 aromatic heterocycles. The molecule has 0 saturated carbocycles. The minimum absolute atomic E-state index is 0.00818. The molecule has 5 rings (SSSR count). The summed E-state index contributed by atoms with van der Waals surface area (Å²) in [6.07, 6.45) is 2.26. The van der Waals surface area contributed by atoms with E-state index >= 15 is 0 Å². The Morgan fingerprint density at radius 2 is 1.58 bits per heavy atom. The Bertz CT molecular complexity index is 1510. The number of amides is 3. The highest BCUT2D eigenvalue weighted by atomic mass is 35.5. The van der Waals surface area contributed by atoms with Crippen molar-refractivity contribution in [3.8, 4) is 11.1 Å². The van der Waals surface area contributed by atoms with Crippen molar-refractivity contribution in [1.29, 1.82) is 0 Å². The molecule has 2 heterocycles. The van der Waals surface area contributed by atoms with E-state index in [-0.39, 0.29) is 30.9 Å². The minimum Gasteiger partial charge on any atom is -0.378 e. The number of halogens is 2. The molecule has 9 nitrogen and oxygen atoms in total. The molecule has 3 aromatic rings. The first kappa shape index (κ1) is 32.8. The minimum atomic E-state index is -0.559. The molecule has 2 aliphatic rings. The van der Waals surface area contributed by atoms with Gasteiger partial charge in [0.05, 0.1) is 42.4 Å². The summed E-state index contributed by atoms with van der Waals surface area (Å²) in [5.74, 6) is -0.713. The number of ether oxygens (including phenoxy) is 1. The van der Waals surface area contributed by atoms with E-state index in [1.165, 1.54) is 0 Å². The molecular weight excluding hydrogens is 613 g/mol. The van der Waals surface area contributed by atoms with Crippen LogP contribution in [-0.2, 0) is 14.3 Å². The Balaban J connectivity index is 1.36. The highest BCUT2D eigenvalue weighted by molar-refractivity contribution is 6.42. The Morgan fingerprint density at radius 3 is 2.24 bits per heavy atom. The van der Waals surface area contributed by atoms with Gasteiger partial charge in [0.1, 0.15) is 0 Å². The molecule has 0 unspecified atom stereocenters. The standard InChI is InChI=1S/C34H39Cl2N5O4/c1-38(33(43)23-41(22-32(37)42)28-11-12-29(35)30(36)20-28)31(21-39-13-2-3-14-39)25-9-7-24(8-10-25)26-5-4-6-27(19-26)34(44)40-15-17-45-18-16-40/h4-12,19-20,31H,2-3,13-18,21-23H2,1H3,(H2,37,42)/t31-/m0/s1. The van der Waals surface area contributed by atoms with Gasteiger partial charge in [-0.25, -0.2) is 0 Å². The van der Waals surface area contributed by atoms with E-state index in [4.69, 9.17) is 33.7 Å². The van der Waals surface area contributed by atoms with Crippen LogP contribution in [-0.4, -0.2) is 98.5 Å². The number of carbonyl (C=O) groups is 3. The number of carbonyl (C=O) groups excluding carboxylic acids is 3. The van der Waals surface area contributed by atoms with Gasteiger partial charge in [-0.05, 0) is 73.0 Å². The number of anilines is 1. The molecule has 1 atom stereocenters. The van der Waals surface area contributed by atoms with Crippen molar-refractivity contribution >= 4 is 46.6 Å². The molecule has 2 saturated heterocycles. The second kappa shape index (κ2) is 15.1. The molecule has 11 heteroatoms. The van der Waals surface area contributed by atoms with Crippen LogP contribution < -0.4 is 10.6 Å². The summed E-state index contributed by atoms with van der Waals surface area (Å²) in [6.45, 7) is 4.75. The molecule has 2 N–H and O–H groups in total. The topological polar surface area (TPSA) is 99.4 Å². The molecular formula is C34H39Cl2N5O4. The lowest BCUT2D eigenvalue weighted by atomic mass is 9.98. The maximum Gasteiger partial charge on any atom is 0.254 e. The largest absolute Gasteiger partial charge is 0.378 e. The van der Waals surface area contributed by atoms with Crippen LogP contribution >= 0.6 is 23.2 Å². The summed E-state index contributed by atoms with van der Waals surface area (Å²) in [5.41, 5.74) is 9.70. The van der Waals surface area contributed by atoms with Crippen LogP contribution in [0.1, 0.15) is 34.8 Å². The average molecular weight is 653 g/mol. The number of nitrogens with two attached hydrogens (primary N) is 1. The molecule has 3 amide bonds. The van der Waals surface area contributed by atoms with E-state index in [1.807, 2.05) is 41.3 Å². The molecule has 2 fully saturated rings. The number of likely N-dealkylation sites (tertiary alicyclic amines) is 1. The average Bonchev–Trinajstić information content (AvgIpc) is 3.58. The Morgan fingerprint density at radius 1 is 0.867 bits per heavy atom. The fourth-order valence-corrected chi connectivity index (χ4v) is 6.19. The monoisotopic (exact) mass is 651 g/mol. The van der Waals surface area contributed by atoms with Crippen LogP contribution in [0.2, 0.25) is 10.0 Å². The molecule has 45 heavy (non-hydrogen) atoms. The SMILES string of the molecule is CN(C(=O)CN(CC(N)=O)c1ccc(Cl)c(Cl)c1)[C@@H](CN1CCCC1)c1ccc(-c2cccc(C(=O)N3CCOCC3)c2)cc1. The molecule has 3 aromatic carbocycles. The van der Waals surface area contributed by atoms with Crippen molar-refractivity contribution in [2.75, 3.05) is 71.0 Å². The van der Waals surface area contributed by atoms with E-state index in [9.17, 15) is 14.4 Å². The van der Waals surface area contributed by atoms with Gasteiger partial charge in [0, 0.05) is 37.9 Å². The Labute approximate surface area is 274 Å². The lowest BCUT2D eigenvalue weighted by Crippen LogP contribution is -2.45. The van der Waals surface area contributed by atoms with Crippen molar-refractivity contribution < 1.29 is 19.1 Å². The summed E-state index contributed by atoms with van der Waals surface area (Å²) in [5, 5.41) is 0.708. The lowest BCUT2D eigenvalue weighted by molar-refractivity contribution is -0.131. The van der Waals surface area contributed by atoms with E-state index in [0.717, 1.165) is 42.6 Å². The predicted molar refractivity (Wildman–Crippen MR) is 178 cm³/mol. The van der Waals surface area contributed by atoms with Crippen molar-refractivity contribution in [1.82, 2.24) is 14.7 Å². The molecule has 0 radical (unpaired) electrons. The van der Waals surface area contributed by atoms with Crippen molar-refractivity contribution in [2.45, 2.75) is 18.9 Å². The van der Waals surface area contributed by atoms with Crippen LogP contribution in [0.3, 0.4) is 0 Å². The maximum absolute atomic E-state index is 13.8. The lowest BCUT2D eigenvalue weighted by Gasteiger charge is -2.34. The van der Waals surface area contributed by atoms with Gasteiger partial charge in [0.15, 0.2) is 0 Å². The first-order valence-electron chi connectivity index (χ1n) is 15.2. The summed E-state index contributed by atoms with van der Waals surface area (Å²) in [4.78, 5) is 46.3. The van der Waals surface area contributed by atoms with Crippen molar-refractivity contribution in [3.05, 3.63) is 87.9 Å². The second-order valence-corrected chi connectivity index (χ2v) is 12.4. The summed E-state index contributed by atoms with van der Waals surface area (Å²) < 4.78 is 5.39. The second-order valence-electron chi connectivity index (χ2n) is 11.6. The molecule has 2 aliphatic heterocycles. The number of likely N-dealkylation sites (N-methyl/N-ethyl adjacent to an activating group) is 1. The number of nitrogens with zero attached hydrogens (tertiary/aromatic N) is 4. The number of morpholine rings is 1. The zero-order chi connectivity index (χ0) is 31.9. The van der Waals surface area contributed by atoms with Crippen LogP contribution in [0.25, 0.3) is 11.1 Å². The smallest absolute Gasteiger partial charge is 0.254 e. The highest BCUT2D eigenvalue weighted by Crippen LogP contribution is 2.30. The third-order valence-electron chi connectivity index (χ3n) is 8.47. The first-order chi connectivity index (χ1) is 21.7. The van der Waals surface area contributed by atoms with Gasteiger partial charge in [-0.1, -0.05) is 59.6 Å². The molecule has 0 bridgehead atoms. The van der Waals surface area contributed by atoms with Gasteiger partial charge in [-0.3, -0.25) is 14.4 Å². The summed E-state index contributed by atoms with van der Waals surface area (Å²) in [6, 6.07) is 20.6. The van der Waals surface area contributed by atoms with Gasteiger partial charge in [-0.15, -0.1) is 0 Å². The van der Waals surface area contributed by atoms with E-state index in [0.29, 0.717) is 54.1 Å². The van der Waals surface area contributed by atoms with E-state index in [2.05, 4.69) is 17.0 Å². The Hall–Kier alpha value is -3.63. The number of hydrogen-bond donors (Lipinski definition) is 1. The normalized spacial score (nSPS) is 15.9. The third-order valence-corrected chi connectivity index (χ3v) is 9.21. The fraction of sp³-hybridized carbons (Fsp3) is 0.382. The summed E-state index contributed by atoms with van der Waals surface area (Å²) >= 11 is 12.3. The van der Waals surface area contributed by atoms with E-state index in [1.54, 1.807) is 35.0 Å². The van der Waals surface area contributed by atoms with Crippen LogP contribution in [0.4, 0.5) is 5.69 Å². The molecule has 238 valence electrons. The zero-order valence-corrected chi connectivity index (χ0v) is 27.0. The van der Waals surface area contributed by atoms with Crippen molar-refractivity contribution in [2.24, 2.45) is 5.73 Å². The summed E-state index contributed by atoms with van der Waals surface area (Å²) in [7, 11) is 1.80. The van der Waals surface area contributed by atoms with Crippen LogP contribution in [0, 0.1) is 0 Å². The van der Waals surface area contributed by atoms with Gasteiger partial charge in [0.2, 0.25) is 11.8 Å². The number of hydrogen-bond acceptors (Lipinski definition) is 6. The van der Waals surface area contributed by atoms with Gasteiger partial charge >= 0.3 is 0 Å². The van der Waals surface area contributed by atoms with Crippen LogP contribution in [0.5, 0.6) is 0 Å². The first-order valence-corrected chi connectivity index (χ1v) is 16.0. The van der Waals surface area contributed by atoms with Crippen LogP contribution in [0.15, 0.2) is 66.7 Å². The quantitative estimate of drug-likeness (QED) is 0.322.